The zero-order valence-electron chi connectivity index (χ0n) is 8.16. The van der Waals surface area contributed by atoms with Gasteiger partial charge in [0.25, 0.3) is 0 Å². The van der Waals surface area contributed by atoms with Crippen LogP contribution in [-0.2, 0) is 0 Å². The van der Waals surface area contributed by atoms with Crippen LogP contribution in [0.15, 0.2) is 0 Å². The van der Waals surface area contributed by atoms with Crippen LogP contribution in [0.3, 0.4) is 0 Å². The molecule has 1 heterocycles. The third-order valence-corrected chi connectivity index (χ3v) is 2.31. The fraction of sp³-hybridized carbons (Fsp3) is 0.875. The van der Waals surface area contributed by atoms with Gasteiger partial charge < -0.3 is 15.3 Å². The van der Waals surface area contributed by atoms with Crippen molar-refractivity contribution >= 4 is 17.3 Å². The molecule has 13 heavy (non-hydrogen) atoms. The Bertz CT molecular complexity index is 186. The summed E-state index contributed by atoms with van der Waals surface area (Å²) >= 11 is 5.02. The molecule has 0 saturated carbocycles. The van der Waals surface area contributed by atoms with Crippen molar-refractivity contribution in [3.05, 3.63) is 0 Å². The van der Waals surface area contributed by atoms with E-state index < -0.39 is 0 Å². The van der Waals surface area contributed by atoms with Gasteiger partial charge in [0.2, 0.25) is 0 Å². The van der Waals surface area contributed by atoms with Gasteiger partial charge in [-0.2, -0.15) is 0 Å². The Balaban J connectivity index is 2.40. The Kier molecular flexibility index (Phi) is 3.90. The highest BCUT2D eigenvalue weighted by molar-refractivity contribution is 7.80. The van der Waals surface area contributed by atoms with E-state index in [0.717, 1.165) is 19.9 Å². The van der Waals surface area contributed by atoms with Crippen LogP contribution in [-0.4, -0.2) is 46.6 Å². The molecule has 5 heteroatoms. The Hall–Kier alpha value is -0.390. The average Bonchev–Trinajstić information content (AvgIpc) is 2.07. The second kappa shape index (κ2) is 4.74. The van der Waals surface area contributed by atoms with Gasteiger partial charge in [-0.25, -0.2) is 0 Å². The van der Waals surface area contributed by atoms with Crippen LogP contribution in [0.5, 0.6) is 0 Å². The van der Waals surface area contributed by atoms with Crippen LogP contribution in [0.2, 0.25) is 0 Å². The molecule has 4 nitrogen and oxygen atoms in total. The summed E-state index contributed by atoms with van der Waals surface area (Å²) in [7, 11) is 0. The van der Waals surface area contributed by atoms with Crippen molar-refractivity contribution in [2.45, 2.75) is 13.8 Å². The monoisotopic (exact) mass is 203 g/mol. The molecule has 76 valence electrons. The molecule has 0 unspecified atom stereocenters. The number of nitrogens with zero attached hydrogens (tertiary/aromatic N) is 2. The second-order valence-corrected chi connectivity index (χ2v) is 4.10. The molecular weight excluding hydrogens is 186 g/mol. The maximum absolute atomic E-state index is 8.99. The summed E-state index contributed by atoms with van der Waals surface area (Å²) in [5, 5.41) is 12.7. The summed E-state index contributed by atoms with van der Waals surface area (Å²) in [6.45, 7) is 6.87. The van der Waals surface area contributed by atoms with E-state index >= 15 is 0 Å². The summed E-state index contributed by atoms with van der Waals surface area (Å²) in [4.78, 5) is 3.96. The molecule has 0 radical (unpaired) electrons. The van der Waals surface area contributed by atoms with Gasteiger partial charge >= 0.3 is 0 Å². The molecule has 0 atom stereocenters. The molecule has 0 spiro atoms. The van der Waals surface area contributed by atoms with E-state index in [1.807, 2.05) is 0 Å². The minimum Gasteiger partial charge on any atom is -0.376 e. The van der Waals surface area contributed by atoms with Crippen LogP contribution >= 0.6 is 12.2 Å². The fourth-order valence-electron chi connectivity index (χ4n) is 1.39. The summed E-state index contributed by atoms with van der Waals surface area (Å²) in [5.41, 5.74) is 0. The molecule has 0 bridgehead atoms. The maximum Gasteiger partial charge on any atom is 0.172 e. The molecule has 1 saturated heterocycles. The lowest BCUT2D eigenvalue weighted by atomic mass is 10.2. The van der Waals surface area contributed by atoms with Crippen LogP contribution < -0.4 is 5.32 Å². The van der Waals surface area contributed by atoms with E-state index in [1.54, 1.807) is 4.90 Å². The Labute approximate surface area is 84.5 Å². The topological polar surface area (TPSA) is 38.7 Å². The lowest BCUT2D eigenvalue weighted by Crippen LogP contribution is -2.56. The number of thiocarbonyl (C=S) groups is 1. The molecule has 0 aromatic carbocycles. The maximum atomic E-state index is 8.99. The minimum absolute atomic E-state index is 0.0135. The van der Waals surface area contributed by atoms with Crippen molar-refractivity contribution in [2.24, 2.45) is 5.92 Å². The highest BCUT2D eigenvalue weighted by Gasteiger charge is 2.19. The summed E-state index contributed by atoms with van der Waals surface area (Å²) in [6, 6.07) is 0. The van der Waals surface area contributed by atoms with Crippen LogP contribution in [0, 0.1) is 5.92 Å². The van der Waals surface area contributed by atoms with Crippen molar-refractivity contribution in [2.75, 3.05) is 26.6 Å². The third-order valence-electron chi connectivity index (χ3n) is 1.91. The van der Waals surface area contributed by atoms with E-state index in [4.69, 9.17) is 17.3 Å². The third kappa shape index (κ3) is 3.10. The smallest absolute Gasteiger partial charge is 0.172 e. The number of aliphatic hydroxyl groups is 1. The lowest BCUT2D eigenvalue weighted by molar-refractivity contribution is 0.0753. The first-order chi connectivity index (χ1) is 6.13. The zero-order valence-corrected chi connectivity index (χ0v) is 8.97. The number of hydrogen-bond donors (Lipinski definition) is 2. The highest BCUT2D eigenvalue weighted by atomic mass is 32.1. The fourth-order valence-corrected chi connectivity index (χ4v) is 1.57. The number of aliphatic hydroxyl groups excluding tert-OH is 1. The van der Waals surface area contributed by atoms with E-state index in [0.29, 0.717) is 11.0 Å². The van der Waals surface area contributed by atoms with Crippen LogP contribution in [0.1, 0.15) is 13.8 Å². The number of rotatable bonds is 3. The van der Waals surface area contributed by atoms with Crippen LogP contribution in [0.4, 0.5) is 0 Å². The Morgan fingerprint density at radius 3 is 2.85 bits per heavy atom. The van der Waals surface area contributed by atoms with Gasteiger partial charge in [-0.1, -0.05) is 13.8 Å². The van der Waals surface area contributed by atoms with Crippen molar-refractivity contribution in [1.82, 2.24) is 15.1 Å². The number of nitrogens with one attached hydrogen (secondary N) is 1. The summed E-state index contributed by atoms with van der Waals surface area (Å²) in [5.74, 6) is 0.633. The first-order valence-corrected chi connectivity index (χ1v) is 4.90. The van der Waals surface area contributed by atoms with Gasteiger partial charge in [-0.15, -0.1) is 0 Å². The van der Waals surface area contributed by atoms with E-state index in [2.05, 4.69) is 24.1 Å². The first kappa shape index (κ1) is 10.7. The number of hydrogen-bond acceptors (Lipinski definition) is 3. The minimum atomic E-state index is -0.0135. The van der Waals surface area contributed by atoms with Gasteiger partial charge in [-0.3, -0.25) is 4.90 Å². The van der Waals surface area contributed by atoms with Gasteiger partial charge in [0.05, 0.1) is 13.3 Å². The van der Waals surface area contributed by atoms with E-state index in [9.17, 15) is 0 Å². The van der Waals surface area contributed by atoms with E-state index in [1.165, 1.54) is 0 Å². The van der Waals surface area contributed by atoms with Crippen molar-refractivity contribution in [3.63, 3.8) is 0 Å². The normalized spacial score (nSPS) is 19.4. The first-order valence-electron chi connectivity index (χ1n) is 4.49. The van der Waals surface area contributed by atoms with E-state index in [-0.39, 0.29) is 6.73 Å². The zero-order chi connectivity index (χ0) is 9.84. The predicted octanol–water partition coefficient (Wildman–Crippen LogP) is -0.000700. The Morgan fingerprint density at radius 2 is 2.31 bits per heavy atom. The van der Waals surface area contributed by atoms with Gasteiger partial charge in [0.1, 0.15) is 6.73 Å². The van der Waals surface area contributed by atoms with Gasteiger partial charge in [0, 0.05) is 6.54 Å². The SMILES string of the molecule is CC(C)CN1CNC(=S)N(CO)C1. The van der Waals surface area contributed by atoms with Crippen LogP contribution in [0.25, 0.3) is 0 Å². The van der Waals surface area contributed by atoms with Gasteiger partial charge in [-0.05, 0) is 18.1 Å². The molecule has 1 aliphatic heterocycles. The molecule has 2 N–H and O–H groups in total. The predicted molar refractivity (Wildman–Crippen MR) is 55.9 cm³/mol. The van der Waals surface area contributed by atoms with Crippen molar-refractivity contribution in [3.8, 4) is 0 Å². The van der Waals surface area contributed by atoms with Crippen molar-refractivity contribution < 1.29 is 5.11 Å². The average molecular weight is 203 g/mol. The van der Waals surface area contributed by atoms with Crippen molar-refractivity contribution in [1.29, 1.82) is 0 Å². The largest absolute Gasteiger partial charge is 0.376 e. The molecule has 0 aromatic rings. The molecule has 0 amide bonds. The summed E-state index contributed by atoms with van der Waals surface area (Å²) in [6.07, 6.45) is 0. The second-order valence-electron chi connectivity index (χ2n) is 3.71. The molecule has 1 fully saturated rings. The quantitative estimate of drug-likeness (QED) is 0.632. The molecular formula is C8H17N3OS. The molecule has 0 aliphatic carbocycles. The molecule has 1 rings (SSSR count). The van der Waals surface area contributed by atoms with Gasteiger partial charge in [0.15, 0.2) is 5.11 Å². The lowest BCUT2D eigenvalue weighted by Gasteiger charge is -2.37. The summed E-state index contributed by atoms with van der Waals surface area (Å²) < 4.78 is 0. The molecule has 0 aromatic heterocycles. The Morgan fingerprint density at radius 1 is 1.62 bits per heavy atom. The highest BCUT2D eigenvalue weighted by Crippen LogP contribution is 2.03. The standard InChI is InChI=1S/C8H17N3OS/c1-7(2)3-10-4-9-8(13)11(5-10)6-12/h7,12H,3-6H2,1-2H3,(H,9,13). The molecule has 1 aliphatic rings.